The zero-order valence-corrected chi connectivity index (χ0v) is 9.28. The van der Waals surface area contributed by atoms with Crippen molar-refractivity contribution < 1.29 is 8.42 Å². The van der Waals surface area contributed by atoms with Crippen LogP contribution >= 0.6 is 0 Å². The van der Waals surface area contributed by atoms with Crippen LogP contribution in [-0.4, -0.2) is 34.3 Å². The zero-order chi connectivity index (χ0) is 10.2. The zero-order valence-electron chi connectivity index (χ0n) is 8.47. The molecule has 0 aliphatic heterocycles. The molecule has 0 fully saturated rings. The van der Waals surface area contributed by atoms with E-state index in [1.165, 1.54) is 19.9 Å². The molecule has 0 aromatic carbocycles. The molecule has 0 spiro atoms. The lowest BCUT2D eigenvalue weighted by Crippen LogP contribution is -2.30. The molecule has 0 rings (SSSR count). The first kappa shape index (κ1) is 12.9. The quantitative estimate of drug-likeness (QED) is 0.565. The van der Waals surface area contributed by atoms with E-state index in [4.69, 9.17) is 0 Å². The topological polar surface area (TPSA) is 58.2 Å². The van der Waals surface area contributed by atoms with E-state index in [-0.39, 0.29) is 5.75 Å². The molecular formula is C8H20N2O2S. The van der Waals surface area contributed by atoms with E-state index in [2.05, 4.69) is 17.0 Å². The highest BCUT2D eigenvalue weighted by Gasteiger charge is 2.04. The molecule has 0 bridgehead atoms. The van der Waals surface area contributed by atoms with Gasteiger partial charge in [-0.05, 0) is 20.0 Å². The Labute approximate surface area is 81.2 Å². The van der Waals surface area contributed by atoms with Gasteiger partial charge in [0.25, 0.3) is 0 Å². The first-order valence-electron chi connectivity index (χ1n) is 4.74. The van der Waals surface area contributed by atoms with Gasteiger partial charge in [-0.2, -0.15) is 0 Å². The summed E-state index contributed by atoms with van der Waals surface area (Å²) in [6, 6.07) is 0. The molecule has 0 saturated heterocycles. The molecule has 0 aliphatic carbocycles. The third-order valence-corrected chi connectivity index (χ3v) is 3.18. The van der Waals surface area contributed by atoms with E-state index >= 15 is 0 Å². The second kappa shape index (κ2) is 7.29. The highest BCUT2D eigenvalue weighted by molar-refractivity contribution is 7.89. The van der Waals surface area contributed by atoms with Crippen LogP contribution in [0.15, 0.2) is 0 Å². The fourth-order valence-electron chi connectivity index (χ4n) is 0.934. The van der Waals surface area contributed by atoms with Crippen LogP contribution in [0.3, 0.4) is 0 Å². The van der Waals surface area contributed by atoms with Crippen LogP contribution in [0.2, 0.25) is 0 Å². The molecular weight excluding hydrogens is 188 g/mol. The molecule has 80 valence electrons. The van der Waals surface area contributed by atoms with E-state index in [1.807, 2.05) is 0 Å². The molecule has 0 aromatic heterocycles. The first-order chi connectivity index (χ1) is 6.12. The molecule has 0 aliphatic rings. The summed E-state index contributed by atoms with van der Waals surface area (Å²) in [6.45, 7) is 3.59. The largest absolute Gasteiger partial charge is 0.316 e. The highest BCUT2D eigenvalue weighted by atomic mass is 32.2. The molecule has 0 aromatic rings. The predicted octanol–water partition coefficient (Wildman–Crippen LogP) is 0.315. The molecule has 0 heterocycles. The van der Waals surface area contributed by atoms with Crippen molar-refractivity contribution in [1.82, 2.24) is 10.0 Å². The maximum Gasteiger partial charge on any atom is 0.212 e. The van der Waals surface area contributed by atoms with Gasteiger partial charge >= 0.3 is 0 Å². The second-order valence-electron chi connectivity index (χ2n) is 2.98. The van der Waals surface area contributed by atoms with Crippen LogP contribution in [0.25, 0.3) is 0 Å². The minimum Gasteiger partial charge on any atom is -0.316 e. The lowest BCUT2D eigenvalue weighted by atomic mass is 10.2. The van der Waals surface area contributed by atoms with Crippen LogP contribution in [0, 0.1) is 0 Å². The van der Waals surface area contributed by atoms with E-state index < -0.39 is 10.0 Å². The van der Waals surface area contributed by atoms with Crippen LogP contribution in [0.4, 0.5) is 0 Å². The van der Waals surface area contributed by atoms with E-state index in [0.717, 1.165) is 13.0 Å². The predicted molar refractivity (Wildman–Crippen MR) is 55.2 cm³/mol. The van der Waals surface area contributed by atoms with Gasteiger partial charge in [0.2, 0.25) is 10.0 Å². The van der Waals surface area contributed by atoms with Gasteiger partial charge in [-0.25, -0.2) is 13.1 Å². The van der Waals surface area contributed by atoms with Gasteiger partial charge in [0.1, 0.15) is 0 Å². The average molecular weight is 208 g/mol. The van der Waals surface area contributed by atoms with Crippen molar-refractivity contribution in [2.45, 2.75) is 26.2 Å². The third-order valence-electron chi connectivity index (χ3n) is 1.82. The monoisotopic (exact) mass is 208 g/mol. The summed E-state index contributed by atoms with van der Waals surface area (Å²) in [7, 11) is -1.59. The summed E-state index contributed by atoms with van der Waals surface area (Å²) in [5, 5.41) is 3.09. The molecule has 13 heavy (non-hydrogen) atoms. The molecule has 5 heteroatoms. The lowest BCUT2D eigenvalue weighted by Gasteiger charge is -2.04. The number of hydrogen-bond donors (Lipinski definition) is 2. The summed E-state index contributed by atoms with van der Waals surface area (Å²) < 4.78 is 24.1. The summed E-state index contributed by atoms with van der Waals surface area (Å²) in [5.74, 6) is 0.162. The van der Waals surface area contributed by atoms with E-state index in [1.54, 1.807) is 0 Å². The van der Waals surface area contributed by atoms with Crippen molar-refractivity contribution in [3.8, 4) is 0 Å². The van der Waals surface area contributed by atoms with Crippen molar-refractivity contribution >= 4 is 10.0 Å². The fraction of sp³-hybridized carbons (Fsp3) is 1.00. The smallest absolute Gasteiger partial charge is 0.212 e. The standard InChI is InChI=1S/C8H20N2O2S/c1-3-4-5-6-10-7-8-13(11,12)9-2/h9-10H,3-8H2,1-2H3. The minimum absolute atomic E-state index is 0.162. The van der Waals surface area contributed by atoms with Crippen molar-refractivity contribution in [2.24, 2.45) is 0 Å². The summed E-state index contributed by atoms with van der Waals surface area (Å²) in [6.07, 6.45) is 3.51. The van der Waals surface area contributed by atoms with Gasteiger partial charge in [-0.3, -0.25) is 0 Å². The summed E-state index contributed by atoms with van der Waals surface area (Å²) >= 11 is 0. The highest BCUT2D eigenvalue weighted by Crippen LogP contribution is 1.90. The normalized spacial score (nSPS) is 11.8. The van der Waals surface area contributed by atoms with Crippen molar-refractivity contribution in [2.75, 3.05) is 25.9 Å². The Balaban J connectivity index is 3.26. The van der Waals surface area contributed by atoms with Crippen molar-refractivity contribution in [1.29, 1.82) is 0 Å². The van der Waals surface area contributed by atoms with Gasteiger partial charge in [0, 0.05) is 6.54 Å². The van der Waals surface area contributed by atoms with E-state index in [9.17, 15) is 8.42 Å². The fourth-order valence-corrected chi connectivity index (χ4v) is 1.55. The molecule has 2 N–H and O–H groups in total. The average Bonchev–Trinajstić information content (AvgIpc) is 2.11. The molecule has 0 atom stereocenters. The SMILES string of the molecule is CCCCCNCCS(=O)(=O)NC. The number of hydrogen-bond acceptors (Lipinski definition) is 3. The van der Waals surface area contributed by atoms with Crippen LogP contribution in [0.5, 0.6) is 0 Å². The van der Waals surface area contributed by atoms with Crippen molar-refractivity contribution in [3.05, 3.63) is 0 Å². The Bertz CT molecular complexity index is 202. The Morgan fingerprint density at radius 2 is 1.85 bits per heavy atom. The molecule has 4 nitrogen and oxygen atoms in total. The Morgan fingerprint density at radius 3 is 2.38 bits per heavy atom. The number of rotatable bonds is 8. The van der Waals surface area contributed by atoms with Gasteiger partial charge in [-0.1, -0.05) is 19.8 Å². The Morgan fingerprint density at radius 1 is 1.15 bits per heavy atom. The maximum atomic E-state index is 10.9. The van der Waals surface area contributed by atoms with Gasteiger partial charge in [-0.15, -0.1) is 0 Å². The van der Waals surface area contributed by atoms with Gasteiger partial charge < -0.3 is 5.32 Å². The van der Waals surface area contributed by atoms with E-state index in [0.29, 0.717) is 6.54 Å². The van der Waals surface area contributed by atoms with Crippen LogP contribution in [-0.2, 0) is 10.0 Å². The lowest BCUT2D eigenvalue weighted by molar-refractivity contribution is 0.579. The molecule has 0 saturated carbocycles. The van der Waals surface area contributed by atoms with Crippen molar-refractivity contribution in [3.63, 3.8) is 0 Å². The van der Waals surface area contributed by atoms with Crippen LogP contribution < -0.4 is 10.0 Å². The minimum atomic E-state index is -3.02. The molecule has 0 unspecified atom stereocenters. The molecule has 0 radical (unpaired) electrons. The second-order valence-corrected chi connectivity index (χ2v) is 5.03. The first-order valence-corrected chi connectivity index (χ1v) is 6.39. The van der Waals surface area contributed by atoms with Gasteiger partial charge in [0.15, 0.2) is 0 Å². The number of sulfonamides is 1. The number of nitrogens with one attached hydrogen (secondary N) is 2. The Hall–Kier alpha value is -0.130. The molecule has 0 amide bonds. The van der Waals surface area contributed by atoms with Crippen LogP contribution in [0.1, 0.15) is 26.2 Å². The maximum absolute atomic E-state index is 10.9. The third kappa shape index (κ3) is 8.21. The Kier molecular flexibility index (Phi) is 7.22. The number of unbranched alkanes of at least 4 members (excludes halogenated alkanes) is 2. The van der Waals surface area contributed by atoms with Gasteiger partial charge in [0.05, 0.1) is 5.75 Å². The summed E-state index contributed by atoms with van der Waals surface area (Å²) in [5.41, 5.74) is 0. The summed E-state index contributed by atoms with van der Waals surface area (Å²) in [4.78, 5) is 0.